The van der Waals surface area contributed by atoms with Gasteiger partial charge in [0.25, 0.3) is 0 Å². The fraction of sp³-hybridized carbons (Fsp3) is 0.357. The molecule has 0 saturated heterocycles. The first-order valence-electron chi connectivity index (χ1n) is 6.10. The molecular weight excluding hydrogens is 258 g/mol. The molecule has 0 radical (unpaired) electrons. The van der Waals surface area contributed by atoms with Crippen molar-refractivity contribution in [1.29, 1.82) is 0 Å². The standard InChI is InChI=1S/C14H19N3OS/c1-10-13(14(18-3)17(2)16-10)9-15-11-5-7-12(19-4)8-6-11/h5-8,15H,9H2,1-4H3. The van der Waals surface area contributed by atoms with E-state index in [-0.39, 0.29) is 0 Å². The van der Waals surface area contributed by atoms with Crippen LogP contribution in [0.1, 0.15) is 11.3 Å². The second-order valence-corrected chi connectivity index (χ2v) is 5.16. The van der Waals surface area contributed by atoms with E-state index in [2.05, 4.69) is 40.9 Å². The van der Waals surface area contributed by atoms with Crippen molar-refractivity contribution in [3.05, 3.63) is 35.5 Å². The van der Waals surface area contributed by atoms with Gasteiger partial charge in [-0.25, -0.2) is 4.68 Å². The van der Waals surface area contributed by atoms with Crippen LogP contribution in [0.4, 0.5) is 5.69 Å². The second-order valence-electron chi connectivity index (χ2n) is 4.28. The molecule has 0 atom stereocenters. The molecule has 2 aromatic rings. The lowest BCUT2D eigenvalue weighted by atomic mass is 10.2. The van der Waals surface area contributed by atoms with Crippen molar-refractivity contribution in [2.45, 2.75) is 18.4 Å². The van der Waals surface area contributed by atoms with Gasteiger partial charge in [-0.3, -0.25) is 0 Å². The van der Waals surface area contributed by atoms with Gasteiger partial charge in [-0.2, -0.15) is 5.10 Å². The monoisotopic (exact) mass is 277 g/mol. The molecule has 0 saturated carbocycles. The van der Waals surface area contributed by atoms with Gasteiger partial charge in [0.05, 0.1) is 18.4 Å². The molecule has 0 amide bonds. The van der Waals surface area contributed by atoms with E-state index in [1.54, 1.807) is 23.6 Å². The molecule has 1 N–H and O–H groups in total. The summed E-state index contributed by atoms with van der Waals surface area (Å²) in [4.78, 5) is 1.26. The number of aromatic nitrogens is 2. The number of aryl methyl sites for hydroxylation is 2. The number of nitrogens with zero attached hydrogens (tertiary/aromatic N) is 2. The topological polar surface area (TPSA) is 39.1 Å². The summed E-state index contributed by atoms with van der Waals surface area (Å²) in [5.41, 5.74) is 3.19. The maximum atomic E-state index is 5.38. The van der Waals surface area contributed by atoms with Gasteiger partial charge in [0, 0.05) is 24.2 Å². The highest BCUT2D eigenvalue weighted by Crippen LogP contribution is 2.23. The Morgan fingerprint density at radius 2 is 2.00 bits per heavy atom. The van der Waals surface area contributed by atoms with E-state index in [1.165, 1.54) is 4.90 Å². The molecule has 0 spiro atoms. The summed E-state index contributed by atoms with van der Waals surface area (Å²) in [5.74, 6) is 0.811. The van der Waals surface area contributed by atoms with Crippen molar-refractivity contribution < 1.29 is 4.74 Å². The van der Waals surface area contributed by atoms with Crippen LogP contribution in [-0.2, 0) is 13.6 Å². The summed E-state index contributed by atoms with van der Waals surface area (Å²) in [5, 5.41) is 7.77. The molecule has 0 unspecified atom stereocenters. The van der Waals surface area contributed by atoms with Crippen LogP contribution in [0.25, 0.3) is 0 Å². The summed E-state index contributed by atoms with van der Waals surface area (Å²) >= 11 is 1.74. The molecule has 102 valence electrons. The number of hydrogen-bond donors (Lipinski definition) is 1. The highest BCUT2D eigenvalue weighted by atomic mass is 32.2. The largest absolute Gasteiger partial charge is 0.481 e. The minimum atomic E-state index is 0.710. The third kappa shape index (κ3) is 3.04. The molecule has 1 heterocycles. The zero-order valence-corrected chi connectivity index (χ0v) is 12.5. The maximum absolute atomic E-state index is 5.38. The van der Waals surface area contributed by atoms with Gasteiger partial charge in [-0.05, 0) is 37.4 Å². The highest BCUT2D eigenvalue weighted by Gasteiger charge is 2.13. The number of rotatable bonds is 5. The Kier molecular flexibility index (Phi) is 4.37. The molecule has 1 aromatic heterocycles. The number of ether oxygens (including phenoxy) is 1. The number of anilines is 1. The van der Waals surface area contributed by atoms with Crippen LogP contribution in [0.5, 0.6) is 5.88 Å². The minimum Gasteiger partial charge on any atom is -0.481 e. The zero-order valence-electron chi connectivity index (χ0n) is 11.7. The van der Waals surface area contributed by atoms with E-state index in [0.29, 0.717) is 6.54 Å². The van der Waals surface area contributed by atoms with Crippen LogP contribution in [0.15, 0.2) is 29.2 Å². The predicted molar refractivity (Wildman–Crippen MR) is 80.0 cm³/mol. The molecule has 0 fully saturated rings. The quantitative estimate of drug-likeness (QED) is 0.853. The van der Waals surface area contributed by atoms with Gasteiger partial charge in [-0.15, -0.1) is 11.8 Å². The fourth-order valence-electron chi connectivity index (χ4n) is 2.04. The first-order chi connectivity index (χ1) is 9.15. The van der Waals surface area contributed by atoms with E-state index < -0.39 is 0 Å². The van der Waals surface area contributed by atoms with E-state index in [9.17, 15) is 0 Å². The first-order valence-corrected chi connectivity index (χ1v) is 7.32. The summed E-state index contributed by atoms with van der Waals surface area (Å²) in [7, 11) is 3.57. The van der Waals surface area contributed by atoms with E-state index in [0.717, 1.165) is 22.8 Å². The summed E-state index contributed by atoms with van der Waals surface area (Å²) in [6.07, 6.45) is 2.08. The van der Waals surface area contributed by atoms with Gasteiger partial charge >= 0.3 is 0 Å². The SMILES string of the molecule is COc1c(CNc2ccc(SC)cc2)c(C)nn1C. The smallest absolute Gasteiger partial charge is 0.216 e. The summed E-state index contributed by atoms with van der Waals surface area (Å²) < 4.78 is 7.15. The van der Waals surface area contributed by atoms with Crippen LogP contribution in [0, 0.1) is 6.92 Å². The van der Waals surface area contributed by atoms with Crippen LogP contribution >= 0.6 is 11.8 Å². The average Bonchev–Trinajstić information content (AvgIpc) is 2.70. The Morgan fingerprint density at radius 3 is 2.58 bits per heavy atom. The van der Waals surface area contributed by atoms with Gasteiger partial charge in [0.2, 0.25) is 5.88 Å². The van der Waals surface area contributed by atoms with Crippen molar-refractivity contribution in [2.75, 3.05) is 18.7 Å². The second kappa shape index (κ2) is 6.02. The summed E-state index contributed by atoms with van der Waals surface area (Å²) in [6, 6.07) is 8.40. The van der Waals surface area contributed by atoms with Gasteiger partial charge < -0.3 is 10.1 Å². The third-order valence-electron chi connectivity index (χ3n) is 3.04. The fourth-order valence-corrected chi connectivity index (χ4v) is 2.45. The van der Waals surface area contributed by atoms with Gasteiger partial charge in [0.1, 0.15) is 0 Å². The molecule has 19 heavy (non-hydrogen) atoms. The van der Waals surface area contributed by atoms with E-state index in [4.69, 9.17) is 4.74 Å². The molecule has 0 bridgehead atoms. The molecule has 0 aliphatic heterocycles. The molecule has 1 aromatic carbocycles. The Balaban J connectivity index is 2.09. The first kappa shape index (κ1) is 13.8. The van der Waals surface area contributed by atoms with E-state index in [1.807, 2.05) is 14.0 Å². The molecule has 5 heteroatoms. The van der Waals surface area contributed by atoms with Crippen molar-refractivity contribution in [3.63, 3.8) is 0 Å². The Labute approximate surface area is 118 Å². The number of hydrogen-bond acceptors (Lipinski definition) is 4. The number of thioether (sulfide) groups is 1. The number of benzene rings is 1. The Morgan fingerprint density at radius 1 is 1.32 bits per heavy atom. The van der Waals surface area contributed by atoms with Crippen molar-refractivity contribution in [2.24, 2.45) is 7.05 Å². The van der Waals surface area contributed by atoms with Gasteiger partial charge in [-0.1, -0.05) is 0 Å². The van der Waals surface area contributed by atoms with Gasteiger partial charge in [0.15, 0.2) is 0 Å². The summed E-state index contributed by atoms with van der Waals surface area (Å²) in [6.45, 7) is 2.71. The van der Waals surface area contributed by atoms with Crippen LogP contribution in [0.2, 0.25) is 0 Å². The minimum absolute atomic E-state index is 0.710. The Hall–Kier alpha value is -1.62. The van der Waals surface area contributed by atoms with Crippen LogP contribution in [0.3, 0.4) is 0 Å². The molecule has 0 aliphatic carbocycles. The van der Waals surface area contributed by atoms with E-state index >= 15 is 0 Å². The molecule has 4 nitrogen and oxygen atoms in total. The highest BCUT2D eigenvalue weighted by molar-refractivity contribution is 7.98. The number of methoxy groups -OCH3 is 1. The predicted octanol–water partition coefficient (Wildman–Crippen LogP) is 3.07. The normalized spacial score (nSPS) is 10.5. The number of nitrogens with one attached hydrogen (secondary N) is 1. The average molecular weight is 277 g/mol. The van der Waals surface area contributed by atoms with Crippen molar-refractivity contribution in [3.8, 4) is 5.88 Å². The van der Waals surface area contributed by atoms with Crippen LogP contribution < -0.4 is 10.1 Å². The Bertz CT molecular complexity index is 549. The lowest BCUT2D eigenvalue weighted by Crippen LogP contribution is -2.02. The lowest BCUT2D eigenvalue weighted by Gasteiger charge is -2.08. The third-order valence-corrected chi connectivity index (χ3v) is 3.79. The maximum Gasteiger partial charge on any atom is 0.216 e. The van der Waals surface area contributed by atoms with Crippen molar-refractivity contribution in [1.82, 2.24) is 9.78 Å². The molecule has 0 aliphatic rings. The molecule has 2 rings (SSSR count). The molecular formula is C14H19N3OS. The zero-order chi connectivity index (χ0) is 13.8. The lowest BCUT2D eigenvalue weighted by molar-refractivity contribution is 0.370. The van der Waals surface area contributed by atoms with Crippen LogP contribution in [-0.4, -0.2) is 23.1 Å². The van der Waals surface area contributed by atoms with Crippen molar-refractivity contribution >= 4 is 17.4 Å².